The third kappa shape index (κ3) is 23.3. The molecule has 0 spiro atoms. The molecule has 143 heavy (non-hydrogen) atoms. The van der Waals surface area contributed by atoms with Crippen LogP contribution in [0.5, 0.6) is 0 Å². The number of anilines is 5. The predicted octanol–water partition coefficient (Wildman–Crippen LogP) is 16.0. The second kappa shape index (κ2) is 46.2. The molecular formula is C109H96N18O13S3. The molecule has 0 bridgehead atoms. The summed E-state index contributed by atoms with van der Waals surface area (Å²) in [4.78, 5) is 186. The fraction of sp³-hybridized carbons (Fsp3) is 0.165. The zero-order chi connectivity index (χ0) is 99.2. The number of aryl methyl sites for hydroxylation is 1. The van der Waals surface area contributed by atoms with Gasteiger partial charge in [-0.3, -0.25) is 88.4 Å². The Morgan fingerprint density at radius 3 is 0.937 bits per heavy atom. The number of amides is 12. The van der Waals surface area contributed by atoms with E-state index < -0.39 is 30.2 Å². The van der Waals surface area contributed by atoms with Crippen molar-refractivity contribution < 1.29 is 62.3 Å². The number of benzene rings is 10. The van der Waals surface area contributed by atoms with Crippen LogP contribution < -0.4 is 37.2 Å². The van der Waals surface area contributed by atoms with E-state index in [0.717, 1.165) is 81.2 Å². The molecule has 12 amide bonds. The maximum absolute atomic E-state index is 13.5. The van der Waals surface area contributed by atoms with Crippen molar-refractivity contribution in [1.82, 2.24) is 65.0 Å². The van der Waals surface area contributed by atoms with Crippen molar-refractivity contribution in [1.29, 1.82) is 0 Å². The normalized spacial score (nSPS) is 14.6. The average molecular weight is 1960 g/mol. The van der Waals surface area contributed by atoms with Crippen LogP contribution in [0.25, 0.3) is 0 Å². The summed E-state index contributed by atoms with van der Waals surface area (Å²) in [5.74, 6) is -2.89. The first-order chi connectivity index (χ1) is 69.8. The van der Waals surface area contributed by atoms with Crippen molar-refractivity contribution in [2.24, 2.45) is 0 Å². The van der Waals surface area contributed by atoms with Crippen molar-refractivity contribution in [2.45, 2.75) is 69.9 Å². The first kappa shape index (κ1) is 97.6. The van der Waals surface area contributed by atoms with E-state index in [1.54, 1.807) is 109 Å². The number of hydrogen-bond acceptors (Lipinski definition) is 22. The molecule has 0 saturated carbocycles. The maximum atomic E-state index is 13.5. The van der Waals surface area contributed by atoms with Crippen LogP contribution in [-0.2, 0) is 61.4 Å². The summed E-state index contributed by atoms with van der Waals surface area (Å²) < 4.78 is 5.34. The monoisotopic (exact) mass is 1960 g/mol. The third-order valence-electron chi connectivity index (χ3n) is 24.3. The van der Waals surface area contributed by atoms with E-state index >= 15 is 0 Å². The van der Waals surface area contributed by atoms with Crippen LogP contribution in [-0.4, -0.2) is 172 Å². The fourth-order valence-electron chi connectivity index (χ4n) is 17.4. The fourth-order valence-corrected chi connectivity index (χ4v) is 19.5. The van der Waals surface area contributed by atoms with Crippen molar-refractivity contribution in [2.75, 3.05) is 73.0 Å². The lowest BCUT2D eigenvalue weighted by Gasteiger charge is -2.27. The van der Waals surface area contributed by atoms with Crippen LogP contribution in [0.4, 0.5) is 26.8 Å². The number of fused-ring (bicyclic) bond motifs is 5. The average Bonchev–Trinajstić information content (AvgIpc) is 1.65. The molecule has 718 valence electrons. The molecule has 6 aliphatic rings. The Morgan fingerprint density at radius 2 is 0.629 bits per heavy atom. The molecular weight excluding hydrogens is 1870 g/mol. The number of ether oxygens (including phenoxy) is 1. The Bertz CT molecular complexity index is 6970. The molecule has 10 aromatic carbocycles. The van der Waals surface area contributed by atoms with Gasteiger partial charge in [-0.25, -0.2) is 15.0 Å². The van der Waals surface area contributed by atoms with Gasteiger partial charge in [0.25, 0.3) is 70.9 Å². The van der Waals surface area contributed by atoms with Gasteiger partial charge in [0, 0.05) is 134 Å². The van der Waals surface area contributed by atoms with Gasteiger partial charge in [0.15, 0.2) is 15.4 Å². The van der Waals surface area contributed by atoms with Gasteiger partial charge in [-0.05, 0) is 117 Å². The molecule has 6 aliphatic heterocycles. The molecule has 21 rings (SSSR count). The number of carbonyl (C=O) groups excluding carboxylic acids is 12. The molecule has 5 aromatic heterocycles. The zero-order valence-corrected chi connectivity index (χ0v) is 79.9. The molecule has 1 fully saturated rings. The van der Waals surface area contributed by atoms with E-state index in [-0.39, 0.29) is 82.3 Å². The summed E-state index contributed by atoms with van der Waals surface area (Å²) in [7, 11) is 1.52. The van der Waals surface area contributed by atoms with Crippen LogP contribution in [0, 0.1) is 6.92 Å². The van der Waals surface area contributed by atoms with Crippen LogP contribution in [0.3, 0.4) is 0 Å². The second-order valence-corrected chi connectivity index (χ2v) is 36.2. The topological polar surface area (TPSA) is 382 Å². The summed E-state index contributed by atoms with van der Waals surface area (Å²) in [6.45, 7) is 8.20. The Balaban J connectivity index is 0.000000124. The first-order valence-electron chi connectivity index (χ1n) is 46.0. The molecule has 5 atom stereocenters. The number of nitrogens with one attached hydrogen (secondary N) is 7. The van der Waals surface area contributed by atoms with Crippen LogP contribution >= 0.6 is 34.0 Å². The van der Waals surface area contributed by atoms with Gasteiger partial charge in [-0.1, -0.05) is 243 Å². The molecule has 31 nitrogen and oxygen atoms in total. The first-order valence-corrected chi connectivity index (χ1v) is 48.6. The summed E-state index contributed by atoms with van der Waals surface area (Å²) >= 11 is 3.71. The van der Waals surface area contributed by atoms with E-state index in [4.69, 9.17) is 4.74 Å². The van der Waals surface area contributed by atoms with Crippen molar-refractivity contribution in [3.8, 4) is 0 Å². The third-order valence-corrected chi connectivity index (χ3v) is 26.7. The smallest absolute Gasteiger partial charge is 0.270 e. The number of morpholine rings is 1. The standard InChI is InChI=1S/C26H27N5O4S.C21H18N4O3S.2C21H17N3O2.C20H17N3O2S/c32-23(27-10-11-30-12-14-35-15-13-30)21-17-36-26(28-21)29-24(33)22(18-6-2-1-3-7-18)31-16-19-8-4-5-9-20(19)25(31)34;1-22-18(26)16-12-29-21(23-16)24-19(27)17(13-7-3-2-4-8-13)25-11-14-9-5-6-10-15(14)20(25)28;25-20(23-17-10-6-12-22-13-17)19(15-7-2-1-3-8-15)24-14-16-9-4-5-11-18(16)21(24)26;25-20(23-17-10-12-22-13-11-17)19(15-6-2-1-3-7-15)24-14-16-8-4-5-9-18(16)21(24)26;1-13-12-26-20(21-13)22-18(24)17(14-7-3-2-4-8-14)23-11-15-9-5-6-10-16(15)19(23)25/h1-9,17,22H,10-16H2,(H,27,32)(H,28,29,33);2-10,12,17H,11H2,1H3,(H,22,26)(H,23,24,27);1-13,19H,14H2,(H,23,25);1-13,19H,14H2,(H,22,23,25);2-10,12,17H,11H2,1H3,(H,21,22,24)/t22-;17-;2*19-;17-/m11111/s1. The molecule has 7 N–H and O–H groups in total. The Labute approximate surface area is 835 Å². The minimum absolute atomic E-state index is 0.125. The van der Waals surface area contributed by atoms with Gasteiger partial charge < -0.3 is 50.5 Å². The van der Waals surface area contributed by atoms with E-state index in [0.29, 0.717) is 118 Å². The van der Waals surface area contributed by atoms with Crippen LogP contribution in [0.15, 0.2) is 338 Å². The van der Waals surface area contributed by atoms with Gasteiger partial charge in [0.05, 0.1) is 30.8 Å². The van der Waals surface area contributed by atoms with E-state index in [1.165, 1.54) is 29.7 Å². The number of hydrogen-bond donors (Lipinski definition) is 7. The minimum Gasteiger partial charge on any atom is -0.379 e. The summed E-state index contributed by atoms with van der Waals surface area (Å²) in [5, 5.41) is 25.8. The quantitative estimate of drug-likeness (QED) is 0.0279. The number of nitrogens with zero attached hydrogens (tertiary/aromatic N) is 11. The SMILES string of the molecule is CNC(=O)c1csc(NC(=O)[C@@H](c2ccccc2)N2Cc3ccccc3C2=O)n1.Cc1csc(NC(=O)[C@@H](c2ccccc2)N2Cc3ccccc3C2=O)n1.O=C(NCCN1CCOCC1)c1csc(NC(=O)[C@@H](c2ccccc2)N2Cc3ccccc3C2=O)n1.O=C(Nc1cccnc1)[C@@H](c1ccccc1)N1Cc2ccccc2C1=O.O=C(Nc1ccncc1)[C@@H](c1ccccc1)N1Cc2ccccc2C1=O. The highest BCUT2D eigenvalue weighted by Gasteiger charge is 2.44. The number of thiazole rings is 3. The summed E-state index contributed by atoms with van der Waals surface area (Å²) in [5.41, 5.74) is 14.1. The Morgan fingerprint density at radius 1 is 0.329 bits per heavy atom. The molecule has 0 unspecified atom stereocenters. The van der Waals surface area contributed by atoms with Gasteiger partial charge in [0.1, 0.15) is 41.6 Å². The minimum atomic E-state index is -0.833. The number of rotatable bonds is 25. The number of pyridine rings is 2. The number of aromatic nitrogens is 5. The largest absolute Gasteiger partial charge is 0.379 e. The van der Waals surface area contributed by atoms with E-state index in [1.807, 2.05) is 261 Å². The molecule has 11 heterocycles. The lowest BCUT2D eigenvalue weighted by Crippen LogP contribution is -2.41. The molecule has 0 radical (unpaired) electrons. The second-order valence-electron chi connectivity index (χ2n) is 33.6. The lowest BCUT2D eigenvalue weighted by molar-refractivity contribution is -0.121. The summed E-state index contributed by atoms with van der Waals surface area (Å²) in [6, 6.07) is 86.8. The molecule has 0 aliphatic carbocycles. The molecule has 15 aromatic rings. The Kier molecular flexibility index (Phi) is 31.5. The van der Waals surface area contributed by atoms with Gasteiger partial charge in [-0.15, -0.1) is 34.0 Å². The van der Waals surface area contributed by atoms with Crippen molar-refractivity contribution in [3.05, 3.63) is 439 Å². The maximum Gasteiger partial charge on any atom is 0.270 e. The number of carbonyl (C=O) groups is 12. The van der Waals surface area contributed by atoms with Crippen molar-refractivity contribution >= 4 is 132 Å². The van der Waals surface area contributed by atoms with Crippen molar-refractivity contribution in [3.63, 3.8) is 0 Å². The van der Waals surface area contributed by atoms with Crippen LogP contribution in [0.2, 0.25) is 0 Å². The highest BCUT2D eigenvalue weighted by Crippen LogP contribution is 2.40. The highest BCUT2D eigenvalue weighted by molar-refractivity contribution is 7.14. The molecule has 1 saturated heterocycles. The van der Waals surface area contributed by atoms with Gasteiger partial charge >= 0.3 is 0 Å². The van der Waals surface area contributed by atoms with E-state index in [9.17, 15) is 57.5 Å². The molecule has 34 heteroatoms. The Hall–Kier alpha value is -17.1. The highest BCUT2D eigenvalue weighted by atomic mass is 32.1. The lowest BCUT2D eigenvalue weighted by atomic mass is 10.0. The zero-order valence-electron chi connectivity index (χ0n) is 77.4. The van der Waals surface area contributed by atoms with E-state index in [2.05, 4.69) is 67.0 Å². The predicted molar refractivity (Wildman–Crippen MR) is 543 cm³/mol. The summed E-state index contributed by atoms with van der Waals surface area (Å²) in [6.07, 6.45) is 6.46. The van der Waals surface area contributed by atoms with Crippen LogP contribution in [0.1, 0.15) is 164 Å². The van der Waals surface area contributed by atoms with Gasteiger partial charge in [-0.2, -0.15) is 0 Å². The van der Waals surface area contributed by atoms with Gasteiger partial charge in [0.2, 0.25) is 0 Å².